The third-order valence-electron chi connectivity index (χ3n) is 4.51. The van der Waals surface area contributed by atoms with E-state index in [0.717, 1.165) is 32.2 Å². The standard InChI is InChI=1S/C15H26N4/c16-10-12-6-8-13(9-7-12)11-18-15(17)19-14-4-2-1-3-5-14/h12-14H,1-9,11H2,(H3,17,18,19). The number of hydrogen-bond donors (Lipinski definition) is 2. The summed E-state index contributed by atoms with van der Waals surface area (Å²) in [6, 6.07) is 2.90. The number of nitriles is 1. The molecular formula is C15H26N4. The fourth-order valence-electron chi connectivity index (χ4n) is 3.20. The van der Waals surface area contributed by atoms with Crippen molar-refractivity contribution in [3.63, 3.8) is 0 Å². The Balaban J connectivity index is 1.68. The molecule has 0 aromatic rings. The van der Waals surface area contributed by atoms with Gasteiger partial charge in [-0.15, -0.1) is 0 Å². The Bertz CT molecular complexity index is 331. The number of guanidine groups is 1. The van der Waals surface area contributed by atoms with Gasteiger partial charge in [0.1, 0.15) is 0 Å². The predicted molar refractivity (Wildman–Crippen MR) is 77.6 cm³/mol. The molecule has 4 nitrogen and oxygen atoms in total. The van der Waals surface area contributed by atoms with E-state index in [4.69, 9.17) is 11.0 Å². The molecule has 0 radical (unpaired) electrons. The minimum atomic E-state index is 0.276. The SMILES string of the molecule is N#CC1CCC(CN=C(N)NC2CCCCC2)CC1. The second-order valence-electron chi connectivity index (χ2n) is 6.05. The number of rotatable bonds is 3. The molecule has 0 aromatic heterocycles. The van der Waals surface area contributed by atoms with E-state index >= 15 is 0 Å². The van der Waals surface area contributed by atoms with Crippen LogP contribution in [0.2, 0.25) is 0 Å². The Morgan fingerprint density at radius 3 is 2.42 bits per heavy atom. The van der Waals surface area contributed by atoms with Gasteiger partial charge in [-0.3, -0.25) is 4.99 Å². The molecule has 106 valence electrons. The van der Waals surface area contributed by atoms with Crippen molar-refractivity contribution in [2.45, 2.75) is 63.8 Å². The van der Waals surface area contributed by atoms with Crippen LogP contribution in [-0.4, -0.2) is 18.5 Å². The second kappa shape index (κ2) is 7.37. The van der Waals surface area contributed by atoms with Crippen LogP contribution < -0.4 is 11.1 Å². The molecule has 0 atom stereocenters. The first-order valence-corrected chi connectivity index (χ1v) is 7.74. The summed E-state index contributed by atoms with van der Waals surface area (Å²) >= 11 is 0. The Morgan fingerprint density at radius 1 is 1.11 bits per heavy atom. The molecule has 2 aliphatic rings. The molecule has 0 spiro atoms. The van der Waals surface area contributed by atoms with Crippen LogP contribution in [0, 0.1) is 23.2 Å². The molecule has 2 saturated carbocycles. The first-order valence-electron chi connectivity index (χ1n) is 7.74. The van der Waals surface area contributed by atoms with E-state index in [1.165, 1.54) is 32.1 Å². The third kappa shape index (κ3) is 4.74. The Kier molecular flexibility index (Phi) is 5.50. The quantitative estimate of drug-likeness (QED) is 0.606. The van der Waals surface area contributed by atoms with Gasteiger partial charge >= 0.3 is 0 Å². The van der Waals surface area contributed by atoms with Crippen molar-refractivity contribution in [2.75, 3.05) is 6.54 Å². The van der Waals surface area contributed by atoms with Crippen molar-refractivity contribution >= 4 is 5.96 Å². The molecule has 4 heteroatoms. The molecule has 0 aliphatic heterocycles. The largest absolute Gasteiger partial charge is 0.370 e. The monoisotopic (exact) mass is 262 g/mol. The summed E-state index contributed by atoms with van der Waals surface area (Å²) in [5.74, 6) is 1.52. The van der Waals surface area contributed by atoms with Crippen molar-refractivity contribution in [2.24, 2.45) is 22.6 Å². The van der Waals surface area contributed by atoms with Crippen LogP contribution >= 0.6 is 0 Å². The smallest absolute Gasteiger partial charge is 0.188 e. The zero-order valence-electron chi connectivity index (χ0n) is 11.8. The normalized spacial score (nSPS) is 29.7. The highest BCUT2D eigenvalue weighted by Crippen LogP contribution is 2.28. The number of nitrogens with zero attached hydrogens (tertiary/aromatic N) is 2. The number of nitrogens with one attached hydrogen (secondary N) is 1. The van der Waals surface area contributed by atoms with Crippen LogP contribution in [0.1, 0.15) is 57.8 Å². The first-order chi connectivity index (χ1) is 9.28. The van der Waals surface area contributed by atoms with Gasteiger partial charge < -0.3 is 11.1 Å². The lowest BCUT2D eigenvalue weighted by molar-refractivity contribution is 0.321. The Labute approximate surface area is 116 Å². The maximum atomic E-state index is 8.87. The lowest BCUT2D eigenvalue weighted by Gasteiger charge is -2.25. The van der Waals surface area contributed by atoms with Gasteiger partial charge in [-0.1, -0.05) is 19.3 Å². The van der Waals surface area contributed by atoms with Crippen molar-refractivity contribution in [3.8, 4) is 6.07 Å². The maximum absolute atomic E-state index is 8.87. The lowest BCUT2D eigenvalue weighted by atomic mass is 9.83. The van der Waals surface area contributed by atoms with Gasteiger partial charge in [0, 0.05) is 18.5 Å². The van der Waals surface area contributed by atoms with Crippen LogP contribution in [0.25, 0.3) is 0 Å². The van der Waals surface area contributed by atoms with E-state index < -0.39 is 0 Å². The molecule has 0 bridgehead atoms. The highest BCUT2D eigenvalue weighted by molar-refractivity contribution is 5.78. The lowest BCUT2D eigenvalue weighted by Crippen LogP contribution is -2.41. The van der Waals surface area contributed by atoms with Gasteiger partial charge in [-0.2, -0.15) is 5.26 Å². The van der Waals surface area contributed by atoms with Gasteiger partial charge in [0.2, 0.25) is 0 Å². The van der Waals surface area contributed by atoms with E-state index in [0.29, 0.717) is 17.9 Å². The molecule has 2 fully saturated rings. The van der Waals surface area contributed by atoms with Crippen LogP contribution in [0.4, 0.5) is 0 Å². The molecule has 0 saturated heterocycles. The van der Waals surface area contributed by atoms with E-state index in [2.05, 4.69) is 16.4 Å². The molecule has 0 heterocycles. The van der Waals surface area contributed by atoms with Crippen LogP contribution in [0.3, 0.4) is 0 Å². The van der Waals surface area contributed by atoms with Crippen molar-refractivity contribution in [1.82, 2.24) is 5.32 Å². The zero-order chi connectivity index (χ0) is 13.5. The topological polar surface area (TPSA) is 74.2 Å². The third-order valence-corrected chi connectivity index (χ3v) is 4.51. The molecule has 2 rings (SSSR count). The first kappa shape index (κ1) is 14.2. The van der Waals surface area contributed by atoms with Crippen LogP contribution in [-0.2, 0) is 0 Å². The molecule has 3 N–H and O–H groups in total. The van der Waals surface area contributed by atoms with Gasteiger partial charge in [0.15, 0.2) is 5.96 Å². The summed E-state index contributed by atoms with van der Waals surface area (Å²) in [6.45, 7) is 0.823. The summed E-state index contributed by atoms with van der Waals surface area (Å²) in [7, 11) is 0. The predicted octanol–water partition coefficient (Wildman–Crippen LogP) is 2.55. The van der Waals surface area contributed by atoms with Crippen LogP contribution in [0.5, 0.6) is 0 Å². The maximum Gasteiger partial charge on any atom is 0.188 e. The highest BCUT2D eigenvalue weighted by atomic mass is 15.1. The van der Waals surface area contributed by atoms with Gasteiger partial charge in [0.05, 0.1) is 6.07 Å². The molecule has 0 unspecified atom stereocenters. The zero-order valence-corrected chi connectivity index (χ0v) is 11.8. The van der Waals surface area contributed by atoms with E-state index in [9.17, 15) is 0 Å². The summed E-state index contributed by atoms with van der Waals surface area (Å²) in [4.78, 5) is 4.49. The molecule has 19 heavy (non-hydrogen) atoms. The second-order valence-corrected chi connectivity index (χ2v) is 6.05. The fraction of sp³-hybridized carbons (Fsp3) is 0.867. The van der Waals surface area contributed by atoms with Gasteiger partial charge in [0.25, 0.3) is 0 Å². The molecule has 0 amide bonds. The summed E-state index contributed by atoms with van der Waals surface area (Å²) in [5.41, 5.74) is 5.96. The summed E-state index contributed by atoms with van der Waals surface area (Å²) < 4.78 is 0. The summed E-state index contributed by atoms with van der Waals surface area (Å²) in [5, 5.41) is 12.2. The number of aliphatic imine (C=N–C) groups is 1. The number of hydrogen-bond acceptors (Lipinski definition) is 2. The highest BCUT2D eigenvalue weighted by Gasteiger charge is 2.20. The average molecular weight is 262 g/mol. The van der Waals surface area contributed by atoms with Crippen molar-refractivity contribution < 1.29 is 0 Å². The van der Waals surface area contributed by atoms with Gasteiger partial charge in [-0.25, -0.2) is 0 Å². The molecule has 2 aliphatic carbocycles. The minimum absolute atomic E-state index is 0.276. The van der Waals surface area contributed by atoms with Crippen molar-refractivity contribution in [1.29, 1.82) is 5.26 Å². The van der Waals surface area contributed by atoms with E-state index in [-0.39, 0.29) is 5.92 Å². The average Bonchev–Trinajstić information content (AvgIpc) is 2.47. The Morgan fingerprint density at radius 2 is 1.79 bits per heavy atom. The summed E-state index contributed by atoms with van der Waals surface area (Å²) in [6.07, 6.45) is 10.7. The van der Waals surface area contributed by atoms with Crippen LogP contribution in [0.15, 0.2) is 4.99 Å². The molecule has 0 aromatic carbocycles. The molecular weight excluding hydrogens is 236 g/mol. The number of nitrogens with two attached hydrogens (primary N) is 1. The van der Waals surface area contributed by atoms with E-state index in [1.807, 2.05) is 0 Å². The van der Waals surface area contributed by atoms with Crippen molar-refractivity contribution in [3.05, 3.63) is 0 Å². The van der Waals surface area contributed by atoms with E-state index in [1.54, 1.807) is 0 Å². The Hall–Kier alpha value is -1.24. The minimum Gasteiger partial charge on any atom is -0.370 e. The fourth-order valence-corrected chi connectivity index (χ4v) is 3.20. The van der Waals surface area contributed by atoms with Gasteiger partial charge in [-0.05, 0) is 44.4 Å².